The summed E-state index contributed by atoms with van der Waals surface area (Å²) in [5.74, 6) is 5.13. The van der Waals surface area contributed by atoms with Crippen LogP contribution in [0.1, 0.15) is 11.4 Å². The van der Waals surface area contributed by atoms with Crippen molar-refractivity contribution >= 4 is 23.5 Å². The van der Waals surface area contributed by atoms with Crippen molar-refractivity contribution in [2.24, 2.45) is 0 Å². The summed E-state index contributed by atoms with van der Waals surface area (Å²) in [6, 6.07) is 0.678. The van der Waals surface area contributed by atoms with Crippen molar-refractivity contribution in [2.45, 2.75) is 26.4 Å². The summed E-state index contributed by atoms with van der Waals surface area (Å²) in [5.41, 5.74) is 2.43. The molecule has 0 saturated carbocycles. The maximum atomic E-state index is 4.32. The van der Waals surface area contributed by atoms with Gasteiger partial charge in [0.05, 0.1) is 12.0 Å². The van der Waals surface area contributed by atoms with E-state index in [9.17, 15) is 0 Å². The van der Waals surface area contributed by atoms with Crippen LogP contribution in [-0.4, -0.2) is 45.1 Å². The average molecular weight is 271 g/mol. The van der Waals surface area contributed by atoms with Crippen LogP contribution in [0.25, 0.3) is 0 Å². The SMILES string of the molecule is Cc1ncn(CCNC2CSCCSC2)c1C. The Kier molecular flexibility index (Phi) is 5.25. The van der Waals surface area contributed by atoms with Crippen LogP contribution in [0.15, 0.2) is 6.33 Å². The minimum Gasteiger partial charge on any atom is -0.333 e. The first-order valence-corrected chi connectivity index (χ1v) is 8.45. The van der Waals surface area contributed by atoms with E-state index in [1.807, 2.05) is 6.33 Å². The number of aromatic nitrogens is 2. The molecule has 0 aliphatic carbocycles. The Morgan fingerprint density at radius 1 is 1.35 bits per heavy atom. The van der Waals surface area contributed by atoms with Crippen molar-refractivity contribution in [1.82, 2.24) is 14.9 Å². The lowest BCUT2D eigenvalue weighted by molar-refractivity contribution is 0.545. The van der Waals surface area contributed by atoms with Gasteiger partial charge in [0.25, 0.3) is 0 Å². The highest BCUT2D eigenvalue weighted by atomic mass is 32.2. The number of nitrogens with one attached hydrogen (secondary N) is 1. The molecule has 1 fully saturated rings. The van der Waals surface area contributed by atoms with Crippen molar-refractivity contribution in [3.05, 3.63) is 17.7 Å². The second kappa shape index (κ2) is 6.71. The molecule has 1 N–H and O–H groups in total. The highest BCUT2D eigenvalue weighted by molar-refractivity contribution is 8.03. The minimum absolute atomic E-state index is 0.678. The smallest absolute Gasteiger partial charge is 0.0951 e. The van der Waals surface area contributed by atoms with Gasteiger partial charge < -0.3 is 9.88 Å². The van der Waals surface area contributed by atoms with Gasteiger partial charge in [-0.2, -0.15) is 23.5 Å². The first kappa shape index (κ1) is 13.3. The second-order valence-corrected chi connectivity index (χ2v) is 6.71. The largest absolute Gasteiger partial charge is 0.333 e. The van der Waals surface area contributed by atoms with Gasteiger partial charge in [-0.05, 0) is 13.8 Å². The van der Waals surface area contributed by atoms with E-state index in [0.717, 1.165) is 18.8 Å². The molecule has 5 heteroatoms. The van der Waals surface area contributed by atoms with Crippen molar-refractivity contribution in [3.63, 3.8) is 0 Å². The van der Waals surface area contributed by atoms with Crippen LogP contribution in [-0.2, 0) is 6.54 Å². The fourth-order valence-corrected chi connectivity index (χ4v) is 4.36. The summed E-state index contributed by atoms with van der Waals surface area (Å²) >= 11 is 4.15. The molecule has 96 valence electrons. The van der Waals surface area contributed by atoms with Gasteiger partial charge in [-0.25, -0.2) is 4.98 Å². The summed E-state index contributed by atoms with van der Waals surface area (Å²) in [6.45, 7) is 6.28. The first-order chi connectivity index (χ1) is 8.27. The molecule has 1 aliphatic heterocycles. The van der Waals surface area contributed by atoms with Crippen LogP contribution in [0, 0.1) is 13.8 Å². The molecule has 2 heterocycles. The van der Waals surface area contributed by atoms with Crippen molar-refractivity contribution in [3.8, 4) is 0 Å². The topological polar surface area (TPSA) is 29.9 Å². The van der Waals surface area contributed by atoms with E-state index in [4.69, 9.17) is 0 Å². The quantitative estimate of drug-likeness (QED) is 0.906. The molecular weight excluding hydrogens is 250 g/mol. The summed E-state index contributed by atoms with van der Waals surface area (Å²) in [4.78, 5) is 4.32. The minimum atomic E-state index is 0.678. The Labute approximate surface area is 112 Å². The predicted molar refractivity (Wildman–Crippen MR) is 78.1 cm³/mol. The number of nitrogens with zero attached hydrogens (tertiary/aromatic N) is 2. The van der Waals surface area contributed by atoms with Gasteiger partial charge >= 0.3 is 0 Å². The zero-order valence-corrected chi connectivity index (χ0v) is 12.2. The van der Waals surface area contributed by atoms with Crippen LogP contribution < -0.4 is 5.32 Å². The van der Waals surface area contributed by atoms with Crippen molar-refractivity contribution < 1.29 is 0 Å². The molecule has 1 aromatic rings. The molecule has 0 unspecified atom stereocenters. The molecule has 0 amide bonds. The van der Waals surface area contributed by atoms with E-state index in [2.05, 4.69) is 52.2 Å². The molecule has 0 aromatic carbocycles. The maximum absolute atomic E-state index is 4.32. The Balaban J connectivity index is 1.73. The van der Waals surface area contributed by atoms with Gasteiger partial charge in [-0.1, -0.05) is 0 Å². The lowest BCUT2D eigenvalue weighted by Crippen LogP contribution is -2.35. The van der Waals surface area contributed by atoms with E-state index >= 15 is 0 Å². The number of hydrogen-bond acceptors (Lipinski definition) is 4. The van der Waals surface area contributed by atoms with E-state index in [1.165, 1.54) is 28.7 Å². The van der Waals surface area contributed by atoms with Crippen LogP contribution in [0.3, 0.4) is 0 Å². The Morgan fingerprint density at radius 3 is 2.65 bits per heavy atom. The van der Waals surface area contributed by atoms with E-state index in [0.29, 0.717) is 6.04 Å². The number of imidazole rings is 1. The number of rotatable bonds is 4. The second-order valence-electron chi connectivity index (χ2n) is 4.41. The first-order valence-electron chi connectivity index (χ1n) is 6.14. The Bertz CT molecular complexity index is 344. The molecule has 0 atom stereocenters. The van der Waals surface area contributed by atoms with Crippen LogP contribution in [0.2, 0.25) is 0 Å². The van der Waals surface area contributed by atoms with Gasteiger partial charge in [0.1, 0.15) is 0 Å². The maximum Gasteiger partial charge on any atom is 0.0951 e. The molecular formula is C12H21N3S2. The van der Waals surface area contributed by atoms with Gasteiger partial charge in [0, 0.05) is 47.8 Å². The summed E-state index contributed by atoms with van der Waals surface area (Å²) in [5, 5.41) is 3.66. The van der Waals surface area contributed by atoms with Crippen molar-refractivity contribution in [2.75, 3.05) is 29.6 Å². The standard InChI is InChI=1S/C12H21N3S2/c1-10-11(2)15(9-14-10)4-3-13-12-7-16-5-6-17-8-12/h9,12-13H,3-8H2,1-2H3. The zero-order valence-electron chi connectivity index (χ0n) is 10.6. The zero-order chi connectivity index (χ0) is 12.1. The monoisotopic (exact) mass is 271 g/mol. The molecule has 1 saturated heterocycles. The summed E-state index contributed by atoms with van der Waals surface area (Å²) in [7, 11) is 0. The van der Waals surface area contributed by atoms with Crippen molar-refractivity contribution in [1.29, 1.82) is 0 Å². The third-order valence-corrected chi connectivity index (χ3v) is 5.66. The third-order valence-electron chi connectivity index (χ3n) is 3.14. The van der Waals surface area contributed by atoms with E-state index in [-0.39, 0.29) is 0 Å². The highest BCUT2D eigenvalue weighted by Gasteiger charge is 2.11. The molecule has 0 spiro atoms. The molecule has 3 nitrogen and oxygen atoms in total. The van der Waals surface area contributed by atoms with Gasteiger partial charge in [-0.15, -0.1) is 0 Å². The summed E-state index contributed by atoms with van der Waals surface area (Å²) in [6.07, 6.45) is 1.95. The molecule has 1 aromatic heterocycles. The third kappa shape index (κ3) is 3.93. The highest BCUT2D eigenvalue weighted by Crippen LogP contribution is 2.16. The molecule has 2 rings (SSSR count). The number of thioether (sulfide) groups is 2. The van der Waals surface area contributed by atoms with E-state index in [1.54, 1.807) is 0 Å². The van der Waals surface area contributed by atoms with Crippen LogP contribution in [0.4, 0.5) is 0 Å². The lowest BCUT2D eigenvalue weighted by atomic mass is 10.3. The number of aryl methyl sites for hydroxylation is 1. The van der Waals surface area contributed by atoms with Crippen LogP contribution in [0.5, 0.6) is 0 Å². The molecule has 0 bridgehead atoms. The van der Waals surface area contributed by atoms with E-state index < -0.39 is 0 Å². The summed E-state index contributed by atoms with van der Waals surface area (Å²) < 4.78 is 2.24. The normalized spacial score (nSPS) is 18.2. The molecule has 17 heavy (non-hydrogen) atoms. The van der Waals surface area contributed by atoms with Gasteiger partial charge in [0.2, 0.25) is 0 Å². The van der Waals surface area contributed by atoms with Crippen LogP contribution >= 0.6 is 23.5 Å². The Morgan fingerprint density at radius 2 is 2.06 bits per heavy atom. The molecule has 1 aliphatic rings. The van der Waals surface area contributed by atoms with Gasteiger partial charge in [-0.3, -0.25) is 0 Å². The fourth-order valence-electron chi connectivity index (χ4n) is 1.89. The number of hydrogen-bond donors (Lipinski definition) is 1. The van der Waals surface area contributed by atoms with Gasteiger partial charge in [0.15, 0.2) is 0 Å². The molecule has 0 radical (unpaired) electrons. The predicted octanol–water partition coefficient (Wildman–Crippen LogP) is 1.94. The Hall–Kier alpha value is -0.130. The fraction of sp³-hybridized carbons (Fsp3) is 0.750. The average Bonchev–Trinajstić information content (AvgIpc) is 2.58. The lowest BCUT2D eigenvalue weighted by Gasteiger charge is -2.15.